The van der Waals surface area contributed by atoms with Crippen molar-refractivity contribution in [3.8, 4) is 39.1 Å². The molecule has 0 heterocycles. The molecule has 0 radical (unpaired) electrons. The molecular weight excluding hydrogens is 605 g/mol. The number of hydrogen-bond acceptors (Lipinski definition) is 1. The van der Waals surface area contributed by atoms with Gasteiger partial charge in [-0.25, -0.2) is 22.0 Å². The average Bonchev–Trinajstić information content (AvgIpc) is 3.03. The summed E-state index contributed by atoms with van der Waals surface area (Å²) in [5, 5.41) is 0. The van der Waals surface area contributed by atoms with Gasteiger partial charge in [0.05, 0.1) is 0 Å². The first-order valence-electron chi connectivity index (χ1n) is 14.7. The number of alkyl halides is 2. The standard InChI is InChI=1S/C38H29F7O/c1-2-3-4-5-24-6-10-26(11-7-24)28-14-16-32(33(39)20-28)29-15-17-31(34(40)21-29)27-12-8-25(9-13-27)18-19-38(44,45)46-30-22-35(41)37(43)36(42)23-30/h6-23H,2-5H2,1H3. The van der Waals surface area contributed by atoms with Crippen LogP contribution in [0.1, 0.15) is 37.3 Å². The Balaban J connectivity index is 1.26. The highest BCUT2D eigenvalue weighted by Gasteiger charge is 2.29. The van der Waals surface area contributed by atoms with E-state index in [1.54, 1.807) is 18.2 Å². The molecule has 0 unspecified atom stereocenters. The molecule has 0 N–H and O–H groups in total. The maximum atomic E-state index is 15.2. The Morgan fingerprint density at radius 3 is 1.74 bits per heavy atom. The maximum Gasteiger partial charge on any atom is 0.419 e. The van der Waals surface area contributed by atoms with Gasteiger partial charge >= 0.3 is 6.11 Å². The summed E-state index contributed by atoms with van der Waals surface area (Å²) in [5.41, 5.74) is 4.44. The molecule has 0 aliphatic rings. The van der Waals surface area contributed by atoms with Crippen molar-refractivity contribution in [3.05, 3.63) is 143 Å². The normalized spacial score (nSPS) is 11.7. The van der Waals surface area contributed by atoms with Crippen LogP contribution in [0.4, 0.5) is 30.7 Å². The zero-order valence-corrected chi connectivity index (χ0v) is 24.8. The Hall–Kier alpha value is -4.85. The predicted molar refractivity (Wildman–Crippen MR) is 167 cm³/mol. The van der Waals surface area contributed by atoms with Crippen molar-refractivity contribution >= 4 is 6.08 Å². The van der Waals surface area contributed by atoms with Crippen LogP contribution in [0.15, 0.2) is 103 Å². The minimum absolute atomic E-state index is 0.226. The number of hydrogen-bond donors (Lipinski definition) is 0. The van der Waals surface area contributed by atoms with E-state index >= 15 is 8.78 Å². The number of ether oxygens (including phenoxy) is 1. The van der Waals surface area contributed by atoms with Gasteiger partial charge < -0.3 is 4.74 Å². The van der Waals surface area contributed by atoms with E-state index in [0.717, 1.165) is 36.5 Å². The summed E-state index contributed by atoms with van der Waals surface area (Å²) < 4.78 is 103. The predicted octanol–water partition coefficient (Wildman–Crippen LogP) is 11.8. The Bertz CT molecular complexity index is 1820. The van der Waals surface area contributed by atoms with Crippen LogP contribution in [0.5, 0.6) is 5.75 Å². The van der Waals surface area contributed by atoms with Crippen molar-refractivity contribution in [1.82, 2.24) is 0 Å². The van der Waals surface area contributed by atoms with E-state index in [9.17, 15) is 22.0 Å². The lowest BCUT2D eigenvalue weighted by atomic mass is 9.96. The van der Waals surface area contributed by atoms with Gasteiger partial charge in [-0.05, 0) is 64.4 Å². The minimum atomic E-state index is -3.97. The topological polar surface area (TPSA) is 9.23 Å². The molecule has 0 amide bonds. The molecule has 0 aliphatic carbocycles. The van der Waals surface area contributed by atoms with E-state index in [4.69, 9.17) is 0 Å². The summed E-state index contributed by atoms with van der Waals surface area (Å²) in [7, 11) is 0. The first-order chi connectivity index (χ1) is 22.0. The van der Waals surface area contributed by atoms with Gasteiger partial charge in [-0.15, -0.1) is 0 Å². The largest absolute Gasteiger partial charge is 0.429 e. The Morgan fingerprint density at radius 1 is 0.587 bits per heavy atom. The van der Waals surface area contributed by atoms with Gasteiger partial charge in [0.2, 0.25) is 0 Å². The number of benzene rings is 5. The van der Waals surface area contributed by atoms with Crippen LogP contribution < -0.4 is 4.74 Å². The molecule has 8 heteroatoms. The number of rotatable bonds is 11. The van der Waals surface area contributed by atoms with Crippen LogP contribution in [0.2, 0.25) is 0 Å². The lowest BCUT2D eigenvalue weighted by Crippen LogP contribution is -2.21. The fraction of sp³-hybridized carbons (Fsp3) is 0.158. The molecule has 0 aromatic heterocycles. The van der Waals surface area contributed by atoms with Crippen LogP contribution in [0, 0.1) is 29.1 Å². The molecule has 5 aromatic carbocycles. The van der Waals surface area contributed by atoms with Gasteiger partial charge in [-0.2, -0.15) is 8.78 Å². The molecule has 0 saturated carbocycles. The van der Waals surface area contributed by atoms with Crippen molar-refractivity contribution in [3.63, 3.8) is 0 Å². The highest BCUT2D eigenvalue weighted by molar-refractivity contribution is 5.74. The monoisotopic (exact) mass is 634 g/mol. The number of unbranched alkanes of at least 4 members (excludes halogenated alkanes) is 2. The van der Waals surface area contributed by atoms with E-state index in [1.165, 1.54) is 54.4 Å². The minimum Gasteiger partial charge on any atom is -0.429 e. The van der Waals surface area contributed by atoms with Crippen LogP contribution in [-0.2, 0) is 6.42 Å². The molecule has 0 saturated heterocycles. The molecule has 0 fully saturated rings. The van der Waals surface area contributed by atoms with Crippen molar-refractivity contribution in [2.24, 2.45) is 0 Å². The van der Waals surface area contributed by atoms with Gasteiger partial charge in [-0.1, -0.05) is 92.6 Å². The lowest BCUT2D eigenvalue weighted by molar-refractivity contribution is -0.131. The zero-order chi connectivity index (χ0) is 32.8. The second-order valence-electron chi connectivity index (χ2n) is 10.9. The fourth-order valence-electron chi connectivity index (χ4n) is 5.04. The summed E-state index contributed by atoms with van der Waals surface area (Å²) in [6.07, 6.45) is 1.87. The van der Waals surface area contributed by atoms with Gasteiger partial charge in [0.15, 0.2) is 17.5 Å². The fourth-order valence-corrected chi connectivity index (χ4v) is 5.04. The van der Waals surface area contributed by atoms with E-state index in [-0.39, 0.29) is 11.1 Å². The molecule has 46 heavy (non-hydrogen) atoms. The van der Waals surface area contributed by atoms with Crippen molar-refractivity contribution in [2.45, 2.75) is 38.7 Å². The highest BCUT2D eigenvalue weighted by atomic mass is 19.3. The van der Waals surface area contributed by atoms with Crippen molar-refractivity contribution < 1.29 is 35.5 Å². The molecule has 0 spiro atoms. The SMILES string of the molecule is CCCCCc1ccc(-c2ccc(-c3ccc(-c4ccc(C=CC(F)(F)Oc5cc(F)c(F)c(F)c5)cc4)c(F)c3)c(F)c2)cc1. The van der Waals surface area contributed by atoms with E-state index in [2.05, 4.69) is 23.8 Å². The molecule has 5 rings (SSSR count). The van der Waals surface area contributed by atoms with Crippen LogP contribution in [0.3, 0.4) is 0 Å². The Kier molecular flexibility index (Phi) is 9.95. The third kappa shape index (κ3) is 7.86. The molecule has 236 valence electrons. The second-order valence-corrected chi connectivity index (χ2v) is 10.9. The smallest absolute Gasteiger partial charge is 0.419 e. The van der Waals surface area contributed by atoms with Gasteiger partial charge in [-0.3, -0.25) is 0 Å². The van der Waals surface area contributed by atoms with Crippen molar-refractivity contribution in [2.75, 3.05) is 0 Å². The molecule has 0 atom stereocenters. The third-order valence-electron chi connectivity index (χ3n) is 7.51. The zero-order valence-electron chi connectivity index (χ0n) is 24.8. The maximum absolute atomic E-state index is 15.2. The van der Waals surface area contributed by atoms with Crippen molar-refractivity contribution in [1.29, 1.82) is 0 Å². The summed E-state index contributed by atoms with van der Waals surface area (Å²) in [4.78, 5) is 0. The van der Waals surface area contributed by atoms with E-state index in [1.807, 2.05) is 12.1 Å². The van der Waals surface area contributed by atoms with Gasteiger partial charge in [0, 0.05) is 29.3 Å². The molecule has 1 nitrogen and oxygen atoms in total. The summed E-state index contributed by atoms with van der Waals surface area (Å²) >= 11 is 0. The second kappa shape index (κ2) is 14.1. The first-order valence-corrected chi connectivity index (χ1v) is 14.7. The Morgan fingerprint density at radius 2 is 1.13 bits per heavy atom. The van der Waals surface area contributed by atoms with Gasteiger partial charge in [0.25, 0.3) is 0 Å². The average molecular weight is 635 g/mol. The summed E-state index contributed by atoms with van der Waals surface area (Å²) in [6, 6.07) is 23.9. The Labute approximate surface area is 262 Å². The van der Waals surface area contributed by atoms with E-state index in [0.29, 0.717) is 34.9 Å². The number of halogens is 7. The summed E-state index contributed by atoms with van der Waals surface area (Å²) in [5.74, 6) is -7.09. The van der Waals surface area contributed by atoms with Crippen LogP contribution in [-0.4, -0.2) is 6.11 Å². The van der Waals surface area contributed by atoms with E-state index < -0.39 is 40.9 Å². The lowest BCUT2D eigenvalue weighted by Gasteiger charge is -2.14. The quantitative estimate of drug-likeness (QED) is 0.0798. The molecular formula is C38H29F7O. The van der Waals surface area contributed by atoms with Crippen LogP contribution >= 0.6 is 0 Å². The molecule has 5 aromatic rings. The third-order valence-corrected chi connectivity index (χ3v) is 7.51. The first kappa shape index (κ1) is 32.5. The number of aryl methyl sites for hydroxylation is 1. The highest BCUT2D eigenvalue weighted by Crippen LogP contribution is 2.33. The summed E-state index contributed by atoms with van der Waals surface area (Å²) in [6.45, 7) is 2.16. The molecule has 0 bridgehead atoms. The van der Waals surface area contributed by atoms with Gasteiger partial charge in [0.1, 0.15) is 17.4 Å². The molecule has 0 aliphatic heterocycles. The van der Waals surface area contributed by atoms with Crippen LogP contribution in [0.25, 0.3) is 39.5 Å².